The quantitative estimate of drug-likeness (QED) is 0.592. The summed E-state index contributed by atoms with van der Waals surface area (Å²) in [4.78, 5) is 19.8. The standard InChI is InChI=1S/C10H9N3O/c14-10-7-4-9-8(12-5-13-9)3-6(7)1-2-11-10/h3,5H,1-2,4H2,(H,11,14). The van der Waals surface area contributed by atoms with Crippen LogP contribution in [0.3, 0.4) is 0 Å². The van der Waals surface area contributed by atoms with Crippen molar-refractivity contribution in [1.82, 2.24) is 5.32 Å². The van der Waals surface area contributed by atoms with Gasteiger partial charge in [0.05, 0.1) is 11.4 Å². The summed E-state index contributed by atoms with van der Waals surface area (Å²) in [5.74, 6) is 0.0520. The van der Waals surface area contributed by atoms with Gasteiger partial charge in [0.15, 0.2) is 0 Å². The second-order valence-corrected chi connectivity index (χ2v) is 3.54. The molecule has 0 saturated carbocycles. The fourth-order valence-electron chi connectivity index (χ4n) is 1.96. The smallest absolute Gasteiger partial charge is 0.247 e. The molecule has 14 heavy (non-hydrogen) atoms. The minimum absolute atomic E-state index is 0.0520. The Hall–Kier alpha value is -1.71. The molecule has 1 amide bonds. The van der Waals surface area contributed by atoms with E-state index in [2.05, 4.69) is 15.3 Å². The molecule has 0 bridgehead atoms. The highest BCUT2D eigenvalue weighted by Gasteiger charge is 2.27. The van der Waals surface area contributed by atoms with E-state index in [1.165, 1.54) is 0 Å². The van der Waals surface area contributed by atoms with Crippen molar-refractivity contribution in [1.29, 1.82) is 0 Å². The van der Waals surface area contributed by atoms with E-state index in [9.17, 15) is 4.79 Å². The van der Waals surface area contributed by atoms with E-state index >= 15 is 0 Å². The zero-order valence-corrected chi connectivity index (χ0v) is 7.58. The number of hydrogen-bond acceptors (Lipinski definition) is 3. The lowest BCUT2D eigenvalue weighted by molar-refractivity contribution is -0.117. The number of allylic oxidation sites excluding steroid dienone is 2. The molecule has 4 heteroatoms. The Bertz CT molecular complexity index is 440. The number of amides is 1. The minimum Gasteiger partial charge on any atom is -0.352 e. The molecule has 3 aliphatic rings. The molecule has 0 spiro atoms. The van der Waals surface area contributed by atoms with Crippen molar-refractivity contribution < 1.29 is 4.79 Å². The van der Waals surface area contributed by atoms with Crippen LogP contribution in [-0.4, -0.2) is 24.5 Å². The lowest BCUT2D eigenvalue weighted by Gasteiger charge is -2.22. The summed E-state index contributed by atoms with van der Waals surface area (Å²) in [5, 5.41) is 2.84. The van der Waals surface area contributed by atoms with Crippen LogP contribution in [0.25, 0.3) is 0 Å². The van der Waals surface area contributed by atoms with Gasteiger partial charge in [-0.15, -0.1) is 0 Å². The van der Waals surface area contributed by atoms with Crippen molar-refractivity contribution >= 4 is 18.0 Å². The fourth-order valence-corrected chi connectivity index (χ4v) is 1.96. The molecule has 0 saturated heterocycles. The van der Waals surface area contributed by atoms with E-state index in [0.29, 0.717) is 6.42 Å². The molecule has 0 fully saturated rings. The third-order valence-electron chi connectivity index (χ3n) is 2.70. The predicted molar refractivity (Wildman–Crippen MR) is 53.3 cm³/mol. The van der Waals surface area contributed by atoms with Crippen molar-refractivity contribution in [2.24, 2.45) is 9.98 Å². The van der Waals surface area contributed by atoms with Crippen molar-refractivity contribution in [2.45, 2.75) is 12.8 Å². The van der Waals surface area contributed by atoms with Crippen LogP contribution in [0.5, 0.6) is 0 Å². The van der Waals surface area contributed by atoms with E-state index in [1.54, 1.807) is 6.34 Å². The normalized spacial score (nSPS) is 23.9. The van der Waals surface area contributed by atoms with E-state index in [4.69, 9.17) is 0 Å². The van der Waals surface area contributed by atoms with Gasteiger partial charge in [0.25, 0.3) is 0 Å². The second kappa shape index (κ2) is 2.64. The molecule has 0 atom stereocenters. The van der Waals surface area contributed by atoms with Gasteiger partial charge in [0.1, 0.15) is 6.34 Å². The molecule has 1 aliphatic carbocycles. The maximum Gasteiger partial charge on any atom is 0.247 e. The molecule has 2 aliphatic heterocycles. The number of rotatable bonds is 0. The molecule has 3 rings (SSSR count). The number of nitrogens with zero attached hydrogens (tertiary/aromatic N) is 2. The van der Waals surface area contributed by atoms with Crippen molar-refractivity contribution in [2.75, 3.05) is 6.54 Å². The SMILES string of the molecule is O=C1NCCC2=C1CC1=NC=NC1=C2. The number of hydrogen-bond donors (Lipinski definition) is 1. The molecule has 0 aromatic rings. The summed E-state index contributed by atoms with van der Waals surface area (Å²) in [6, 6.07) is 0. The Kier molecular flexibility index (Phi) is 1.45. The van der Waals surface area contributed by atoms with E-state index in [1.807, 2.05) is 6.08 Å². The first-order chi connectivity index (χ1) is 6.84. The Morgan fingerprint density at radius 2 is 2.36 bits per heavy atom. The average molecular weight is 187 g/mol. The van der Waals surface area contributed by atoms with Gasteiger partial charge in [0.2, 0.25) is 5.91 Å². The summed E-state index contributed by atoms with van der Waals surface area (Å²) < 4.78 is 0. The molecule has 70 valence electrons. The number of carbonyl (C=O) groups is 1. The largest absolute Gasteiger partial charge is 0.352 e. The Labute approximate surface area is 81.1 Å². The van der Waals surface area contributed by atoms with Gasteiger partial charge >= 0.3 is 0 Å². The fraction of sp³-hybridized carbons (Fsp3) is 0.300. The van der Waals surface area contributed by atoms with Gasteiger partial charge in [-0.3, -0.25) is 4.79 Å². The Morgan fingerprint density at radius 1 is 1.43 bits per heavy atom. The van der Waals surface area contributed by atoms with E-state index in [-0.39, 0.29) is 5.91 Å². The zero-order valence-electron chi connectivity index (χ0n) is 7.58. The third kappa shape index (κ3) is 0.968. The molecule has 2 heterocycles. The number of nitrogens with one attached hydrogen (secondary N) is 1. The summed E-state index contributed by atoms with van der Waals surface area (Å²) in [6.07, 6.45) is 5.08. The van der Waals surface area contributed by atoms with Crippen LogP contribution in [-0.2, 0) is 4.79 Å². The highest BCUT2D eigenvalue weighted by molar-refractivity contribution is 6.14. The van der Waals surface area contributed by atoms with Crippen LogP contribution in [0.15, 0.2) is 32.9 Å². The van der Waals surface area contributed by atoms with Crippen LogP contribution in [0.2, 0.25) is 0 Å². The molecular formula is C10H9N3O. The van der Waals surface area contributed by atoms with Crippen LogP contribution < -0.4 is 5.32 Å². The molecule has 0 radical (unpaired) electrons. The molecule has 0 unspecified atom stereocenters. The summed E-state index contributed by atoms with van der Waals surface area (Å²) in [5.41, 5.74) is 3.84. The maximum absolute atomic E-state index is 11.5. The van der Waals surface area contributed by atoms with Crippen molar-refractivity contribution in [3.63, 3.8) is 0 Å². The third-order valence-corrected chi connectivity index (χ3v) is 2.70. The summed E-state index contributed by atoms with van der Waals surface area (Å²) in [6.45, 7) is 0.734. The topological polar surface area (TPSA) is 53.8 Å². The van der Waals surface area contributed by atoms with Crippen LogP contribution in [0.1, 0.15) is 12.8 Å². The molecule has 0 aromatic heterocycles. The number of carbonyl (C=O) groups excluding carboxylic acids is 1. The highest BCUT2D eigenvalue weighted by atomic mass is 16.1. The van der Waals surface area contributed by atoms with E-state index < -0.39 is 0 Å². The van der Waals surface area contributed by atoms with Gasteiger partial charge in [-0.1, -0.05) is 0 Å². The summed E-state index contributed by atoms with van der Waals surface area (Å²) in [7, 11) is 0. The van der Waals surface area contributed by atoms with Gasteiger partial charge < -0.3 is 5.32 Å². The Morgan fingerprint density at radius 3 is 3.29 bits per heavy atom. The first-order valence-electron chi connectivity index (χ1n) is 4.66. The lowest BCUT2D eigenvalue weighted by atomic mass is 9.90. The van der Waals surface area contributed by atoms with Gasteiger partial charge in [-0.25, -0.2) is 9.98 Å². The van der Waals surface area contributed by atoms with Gasteiger partial charge in [-0.2, -0.15) is 0 Å². The first-order valence-corrected chi connectivity index (χ1v) is 4.66. The van der Waals surface area contributed by atoms with Crippen LogP contribution in [0.4, 0.5) is 0 Å². The summed E-state index contributed by atoms with van der Waals surface area (Å²) >= 11 is 0. The van der Waals surface area contributed by atoms with Crippen LogP contribution in [0, 0.1) is 0 Å². The minimum atomic E-state index is 0.0520. The monoisotopic (exact) mass is 187 g/mol. The molecule has 1 N–H and O–H groups in total. The number of fused-ring (bicyclic) bond motifs is 1. The zero-order chi connectivity index (χ0) is 9.54. The van der Waals surface area contributed by atoms with Crippen LogP contribution >= 0.6 is 0 Å². The second-order valence-electron chi connectivity index (χ2n) is 3.54. The average Bonchev–Trinajstić information content (AvgIpc) is 2.62. The number of aliphatic imine (C=N–C) groups is 2. The van der Waals surface area contributed by atoms with Crippen molar-refractivity contribution in [3.8, 4) is 0 Å². The molecular weight excluding hydrogens is 178 g/mol. The highest BCUT2D eigenvalue weighted by Crippen LogP contribution is 2.28. The maximum atomic E-state index is 11.5. The molecule has 0 aromatic carbocycles. The lowest BCUT2D eigenvalue weighted by Crippen LogP contribution is -2.33. The van der Waals surface area contributed by atoms with Gasteiger partial charge in [0, 0.05) is 18.5 Å². The first kappa shape index (κ1) is 7.67. The molecule has 4 nitrogen and oxygen atoms in total. The van der Waals surface area contributed by atoms with Crippen molar-refractivity contribution in [3.05, 3.63) is 22.9 Å². The van der Waals surface area contributed by atoms with E-state index in [0.717, 1.165) is 35.5 Å². The van der Waals surface area contributed by atoms with Gasteiger partial charge in [-0.05, 0) is 18.1 Å². The Balaban J connectivity index is 2.09. The predicted octanol–water partition coefficient (Wildman–Crippen LogP) is 0.573.